The molecule has 3 rings (SSSR count). The third-order valence-corrected chi connectivity index (χ3v) is 7.03. The number of rotatable bonds is 6. The van der Waals surface area contributed by atoms with Gasteiger partial charge in [0.1, 0.15) is 10.7 Å². The molecule has 1 aliphatic rings. The van der Waals surface area contributed by atoms with Crippen LogP contribution in [0.2, 0.25) is 10.0 Å². The smallest absolute Gasteiger partial charge is 0.404 e. The van der Waals surface area contributed by atoms with Crippen molar-refractivity contribution >= 4 is 52.8 Å². The van der Waals surface area contributed by atoms with Gasteiger partial charge in [0.2, 0.25) is 5.95 Å². The van der Waals surface area contributed by atoms with Crippen molar-refractivity contribution in [3.63, 3.8) is 0 Å². The Bertz CT molecular complexity index is 1020. The van der Waals surface area contributed by atoms with Crippen molar-refractivity contribution in [1.82, 2.24) is 19.8 Å². The summed E-state index contributed by atoms with van der Waals surface area (Å²) in [6.07, 6.45) is -0.166. The van der Waals surface area contributed by atoms with Crippen molar-refractivity contribution in [1.29, 1.82) is 0 Å². The average Bonchev–Trinajstić information content (AvgIpc) is 2.96. The molecule has 9 nitrogen and oxygen atoms in total. The summed E-state index contributed by atoms with van der Waals surface area (Å²) >= 11 is 13.5. The molecule has 168 valence electrons. The Balaban J connectivity index is 1.76. The molecule has 0 aliphatic carbocycles. The molecule has 0 saturated carbocycles. The fraction of sp³-hybridized carbons (Fsp3) is 0.421. The summed E-state index contributed by atoms with van der Waals surface area (Å²) < 4.78 is 1.50. The number of hydrogen-bond acceptors (Lipinski definition) is 7. The lowest BCUT2D eigenvalue weighted by Gasteiger charge is -2.25. The molecule has 2 heterocycles. The van der Waals surface area contributed by atoms with Gasteiger partial charge in [-0.3, -0.25) is 14.3 Å². The van der Waals surface area contributed by atoms with E-state index in [1.807, 2.05) is 4.90 Å². The van der Waals surface area contributed by atoms with E-state index in [1.54, 1.807) is 25.2 Å². The van der Waals surface area contributed by atoms with Crippen LogP contribution < -0.4 is 21.5 Å². The largest absolute Gasteiger partial charge is 0.465 e. The SMILES string of the molecule is Cn1c(N2CCCN(CCNC(=O)O)CC2)nc(N)c(Sc2cccc(Cl)c2Cl)c1=O. The molecule has 2 aromatic rings. The Morgan fingerprint density at radius 3 is 2.81 bits per heavy atom. The second kappa shape index (κ2) is 10.4. The molecule has 1 amide bonds. The molecular formula is C19H24Cl2N6O3S. The van der Waals surface area contributed by atoms with Gasteiger partial charge >= 0.3 is 6.09 Å². The Kier molecular flexibility index (Phi) is 7.93. The Morgan fingerprint density at radius 2 is 2.06 bits per heavy atom. The molecule has 0 atom stereocenters. The van der Waals surface area contributed by atoms with Crippen LogP contribution in [0.15, 0.2) is 32.8 Å². The molecule has 1 saturated heterocycles. The molecule has 1 aromatic heterocycles. The number of benzene rings is 1. The van der Waals surface area contributed by atoms with Crippen LogP contribution in [-0.4, -0.2) is 64.9 Å². The lowest BCUT2D eigenvalue weighted by Crippen LogP contribution is -2.38. The standard InChI is InChI=1S/C19H24Cl2N6O3S/c1-25-17(28)15(31-13-5-2-4-12(20)14(13)21)16(22)24-18(25)27-8-3-7-26(10-11-27)9-6-23-19(29)30/h2,4-5,23H,3,6-11,22H2,1H3,(H,29,30). The van der Waals surface area contributed by atoms with Crippen LogP contribution in [0.1, 0.15) is 6.42 Å². The normalized spacial score (nSPS) is 15.0. The van der Waals surface area contributed by atoms with E-state index < -0.39 is 6.09 Å². The number of nitrogens with zero attached hydrogens (tertiary/aromatic N) is 4. The monoisotopic (exact) mass is 486 g/mol. The van der Waals surface area contributed by atoms with Gasteiger partial charge in [-0.1, -0.05) is 41.0 Å². The number of aromatic nitrogens is 2. The van der Waals surface area contributed by atoms with Crippen LogP contribution in [0.3, 0.4) is 0 Å². The summed E-state index contributed by atoms with van der Waals surface area (Å²) in [5.41, 5.74) is 5.92. The topological polar surface area (TPSA) is 117 Å². The first-order valence-electron chi connectivity index (χ1n) is 9.70. The van der Waals surface area contributed by atoms with Gasteiger partial charge in [-0.05, 0) is 25.1 Å². The van der Waals surface area contributed by atoms with Crippen LogP contribution in [-0.2, 0) is 7.05 Å². The van der Waals surface area contributed by atoms with Gasteiger partial charge in [-0.15, -0.1) is 0 Å². The van der Waals surface area contributed by atoms with Gasteiger partial charge < -0.3 is 21.1 Å². The van der Waals surface area contributed by atoms with E-state index in [4.69, 9.17) is 34.0 Å². The molecule has 1 aliphatic heterocycles. The second-order valence-electron chi connectivity index (χ2n) is 7.06. The number of carboxylic acid groups (broad SMARTS) is 1. The second-order valence-corrected chi connectivity index (χ2v) is 8.90. The Labute approximate surface area is 194 Å². The van der Waals surface area contributed by atoms with Crippen molar-refractivity contribution in [3.05, 3.63) is 38.6 Å². The quantitative estimate of drug-likeness (QED) is 0.570. The Hall–Kier alpha value is -2.14. The fourth-order valence-electron chi connectivity index (χ4n) is 3.35. The third-order valence-electron chi connectivity index (χ3n) is 4.96. The highest BCUT2D eigenvalue weighted by molar-refractivity contribution is 7.99. The van der Waals surface area contributed by atoms with Gasteiger partial charge in [0, 0.05) is 44.7 Å². The van der Waals surface area contributed by atoms with Crippen molar-refractivity contribution in [2.24, 2.45) is 7.05 Å². The molecule has 1 aromatic carbocycles. The number of amides is 1. The van der Waals surface area contributed by atoms with Crippen molar-refractivity contribution in [2.45, 2.75) is 16.2 Å². The number of carbonyl (C=O) groups is 1. The summed E-state index contributed by atoms with van der Waals surface area (Å²) in [5, 5.41) is 11.9. The highest BCUT2D eigenvalue weighted by Crippen LogP contribution is 2.37. The van der Waals surface area contributed by atoms with Crippen LogP contribution in [0.4, 0.5) is 16.6 Å². The zero-order valence-corrected chi connectivity index (χ0v) is 19.3. The maximum atomic E-state index is 13.1. The van der Waals surface area contributed by atoms with Crippen molar-refractivity contribution in [2.75, 3.05) is 49.9 Å². The van der Waals surface area contributed by atoms with E-state index in [-0.39, 0.29) is 11.4 Å². The predicted octanol–water partition coefficient (Wildman–Crippen LogP) is 2.60. The number of nitrogens with two attached hydrogens (primary N) is 1. The average molecular weight is 487 g/mol. The van der Waals surface area contributed by atoms with Gasteiger partial charge in [-0.2, -0.15) is 4.98 Å². The molecule has 0 radical (unpaired) electrons. The van der Waals surface area contributed by atoms with Crippen LogP contribution in [0, 0.1) is 0 Å². The van der Waals surface area contributed by atoms with E-state index in [2.05, 4.69) is 15.2 Å². The molecule has 0 unspecified atom stereocenters. The fourth-order valence-corrected chi connectivity index (χ4v) is 4.77. The summed E-state index contributed by atoms with van der Waals surface area (Å²) in [7, 11) is 1.67. The molecule has 0 spiro atoms. The third kappa shape index (κ3) is 5.76. The van der Waals surface area contributed by atoms with Crippen LogP contribution >= 0.6 is 35.0 Å². The number of nitrogens with one attached hydrogen (secondary N) is 1. The molecule has 0 bridgehead atoms. The minimum absolute atomic E-state index is 0.144. The van der Waals surface area contributed by atoms with Gasteiger partial charge in [0.05, 0.1) is 10.0 Å². The minimum atomic E-state index is -1.02. The number of hydrogen-bond donors (Lipinski definition) is 3. The van der Waals surface area contributed by atoms with Crippen LogP contribution in [0.5, 0.6) is 0 Å². The summed E-state index contributed by atoms with van der Waals surface area (Å²) in [5.74, 6) is 0.653. The van der Waals surface area contributed by atoms with E-state index >= 15 is 0 Å². The van der Waals surface area contributed by atoms with E-state index in [9.17, 15) is 9.59 Å². The molecular weight excluding hydrogens is 463 g/mol. The molecule has 1 fully saturated rings. The maximum Gasteiger partial charge on any atom is 0.404 e. The van der Waals surface area contributed by atoms with Gasteiger partial charge in [-0.25, -0.2) is 4.79 Å². The minimum Gasteiger partial charge on any atom is -0.465 e. The first-order valence-corrected chi connectivity index (χ1v) is 11.3. The van der Waals surface area contributed by atoms with E-state index in [0.717, 1.165) is 37.8 Å². The summed E-state index contributed by atoms with van der Waals surface area (Å²) in [6, 6.07) is 5.21. The highest BCUT2D eigenvalue weighted by atomic mass is 35.5. The van der Waals surface area contributed by atoms with E-state index in [0.29, 0.717) is 45.4 Å². The summed E-state index contributed by atoms with van der Waals surface area (Å²) in [4.78, 5) is 33.3. The highest BCUT2D eigenvalue weighted by Gasteiger charge is 2.22. The molecule has 4 N–H and O–H groups in total. The number of anilines is 2. The Morgan fingerprint density at radius 1 is 1.29 bits per heavy atom. The molecule has 12 heteroatoms. The first kappa shape index (κ1) is 23.5. The first-order chi connectivity index (χ1) is 14.8. The van der Waals surface area contributed by atoms with Gasteiger partial charge in [0.15, 0.2) is 0 Å². The van der Waals surface area contributed by atoms with Crippen LogP contribution in [0.25, 0.3) is 0 Å². The van der Waals surface area contributed by atoms with Crippen molar-refractivity contribution < 1.29 is 9.90 Å². The zero-order chi connectivity index (χ0) is 22.5. The molecule has 31 heavy (non-hydrogen) atoms. The number of halogens is 2. The summed E-state index contributed by atoms with van der Waals surface area (Å²) in [6.45, 7) is 3.93. The lowest BCUT2D eigenvalue weighted by atomic mass is 10.4. The maximum absolute atomic E-state index is 13.1. The van der Waals surface area contributed by atoms with Gasteiger partial charge in [0.25, 0.3) is 5.56 Å². The zero-order valence-electron chi connectivity index (χ0n) is 17.0. The van der Waals surface area contributed by atoms with E-state index in [1.165, 1.54) is 4.57 Å². The number of nitrogen functional groups attached to an aromatic ring is 1. The predicted molar refractivity (Wildman–Crippen MR) is 124 cm³/mol. The van der Waals surface area contributed by atoms with Crippen molar-refractivity contribution in [3.8, 4) is 0 Å². The lowest BCUT2D eigenvalue weighted by molar-refractivity contribution is 0.191.